The van der Waals surface area contributed by atoms with Gasteiger partial charge in [0.1, 0.15) is 0 Å². The Morgan fingerprint density at radius 1 is 1.31 bits per heavy atom. The van der Waals surface area contributed by atoms with Crippen LogP contribution in [0, 0.1) is 0 Å². The number of nitrogens with two attached hydrogens (primary N) is 2. The molecule has 0 aromatic carbocycles. The molecule has 0 bridgehead atoms. The monoisotopic (exact) mass is 210 g/mol. The SMILES string of the molecule is NCCCCC(O)CCOP(N)O. The van der Waals surface area contributed by atoms with E-state index in [4.69, 9.17) is 20.7 Å². The maximum absolute atomic E-state index is 9.35. The van der Waals surface area contributed by atoms with Gasteiger partial charge in [0.05, 0.1) is 12.7 Å². The van der Waals surface area contributed by atoms with E-state index >= 15 is 0 Å². The Hall–Kier alpha value is 0.230. The number of aliphatic hydroxyl groups excluding tert-OH is 1. The van der Waals surface area contributed by atoms with Crippen LogP contribution in [0.3, 0.4) is 0 Å². The van der Waals surface area contributed by atoms with Gasteiger partial charge >= 0.3 is 0 Å². The zero-order valence-electron chi connectivity index (χ0n) is 7.72. The molecule has 0 saturated heterocycles. The second-order valence-corrected chi connectivity index (χ2v) is 3.73. The molecule has 0 amide bonds. The van der Waals surface area contributed by atoms with Gasteiger partial charge in [0.15, 0.2) is 0 Å². The van der Waals surface area contributed by atoms with Crippen LogP contribution < -0.4 is 11.2 Å². The molecule has 0 spiro atoms. The second-order valence-electron chi connectivity index (χ2n) is 2.86. The summed E-state index contributed by atoms with van der Waals surface area (Å²) in [5.41, 5.74) is 10.3. The second kappa shape index (κ2) is 8.81. The highest BCUT2D eigenvalue weighted by molar-refractivity contribution is 7.43. The minimum Gasteiger partial charge on any atom is -0.393 e. The highest BCUT2D eigenvalue weighted by Crippen LogP contribution is 2.19. The summed E-state index contributed by atoms with van der Waals surface area (Å²) in [7, 11) is -1.78. The first-order valence-electron chi connectivity index (χ1n) is 4.41. The van der Waals surface area contributed by atoms with Gasteiger partial charge in [-0.25, -0.2) is 0 Å². The molecule has 0 rings (SSSR count). The quantitative estimate of drug-likeness (QED) is 0.335. The maximum atomic E-state index is 9.35. The van der Waals surface area contributed by atoms with Crippen LogP contribution in [0.15, 0.2) is 0 Å². The minimum atomic E-state index is -1.78. The van der Waals surface area contributed by atoms with Crippen molar-refractivity contribution >= 4 is 8.53 Å². The summed E-state index contributed by atoms with van der Waals surface area (Å²) in [6.07, 6.45) is 2.73. The van der Waals surface area contributed by atoms with Crippen molar-refractivity contribution in [1.29, 1.82) is 0 Å². The van der Waals surface area contributed by atoms with Gasteiger partial charge in [-0.2, -0.15) is 0 Å². The third-order valence-corrected chi connectivity index (χ3v) is 2.11. The van der Waals surface area contributed by atoms with Gasteiger partial charge in [0, 0.05) is 0 Å². The Kier molecular flexibility index (Phi) is 8.97. The fraction of sp³-hybridized carbons (Fsp3) is 1.00. The van der Waals surface area contributed by atoms with Crippen molar-refractivity contribution in [2.75, 3.05) is 13.2 Å². The van der Waals surface area contributed by atoms with Gasteiger partial charge in [-0.3, -0.25) is 5.50 Å². The summed E-state index contributed by atoms with van der Waals surface area (Å²) >= 11 is 0. The van der Waals surface area contributed by atoms with Crippen molar-refractivity contribution in [3.63, 3.8) is 0 Å². The van der Waals surface area contributed by atoms with Crippen LogP contribution in [0.4, 0.5) is 0 Å². The van der Waals surface area contributed by atoms with E-state index in [1.165, 1.54) is 0 Å². The van der Waals surface area contributed by atoms with Crippen molar-refractivity contribution in [2.24, 2.45) is 11.2 Å². The first kappa shape index (κ1) is 13.2. The van der Waals surface area contributed by atoms with Gasteiger partial charge in [-0.05, 0) is 32.2 Å². The largest absolute Gasteiger partial charge is 0.393 e. The fourth-order valence-corrected chi connectivity index (χ4v) is 1.24. The highest BCUT2D eigenvalue weighted by atomic mass is 31.2. The average molecular weight is 210 g/mol. The van der Waals surface area contributed by atoms with Crippen LogP contribution in [-0.4, -0.2) is 29.3 Å². The molecule has 0 aliphatic carbocycles. The maximum Gasteiger partial charge on any atom is 0.250 e. The summed E-state index contributed by atoms with van der Waals surface area (Å²) < 4.78 is 4.73. The normalized spacial score (nSPS) is 15.7. The minimum absolute atomic E-state index is 0.308. The Morgan fingerprint density at radius 2 is 2.00 bits per heavy atom. The van der Waals surface area contributed by atoms with E-state index in [0.717, 1.165) is 19.3 Å². The van der Waals surface area contributed by atoms with E-state index in [9.17, 15) is 5.11 Å². The molecule has 0 fully saturated rings. The molecule has 0 radical (unpaired) electrons. The summed E-state index contributed by atoms with van der Waals surface area (Å²) in [4.78, 5) is 8.60. The Labute approximate surface area is 80.0 Å². The molecule has 0 heterocycles. The molecular formula is C7H19N2O3P. The van der Waals surface area contributed by atoms with E-state index in [-0.39, 0.29) is 6.10 Å². The third-order valence-electron chi connectivity index (χ3n) is 1.67. The Morgan fingerprint density at radius 3 is 2.54 bits per heavy atom. The molecule has 2 unspecified atom stereocenters. The highest BCUT2D eigenvalue weighted by Gasteiger charge is 2.04. The zero-order chi connectivity index (χ0) is 10.1. The Balaban J connectivity index is 3.15. The zero-order valence-corrected chi connectivity index (χ0v) is 8.62. The lowest BCUT2D eigenvalue weighted by atomic mass is 10.1. The van der Waals surface area contributed by atoms with Gasteiger partial charge in [0.2, 0.25) is 8.53 Å². The molecule has 80 valence electrons. The predicted molar refractivity (Wildman–Crippen MR) is 52.8 cm³/mol. The molecule has 2 atom stereocenters. The molecule has 0 aliphatic rings. The van der Waals surface area contributed by atoms with Crippen molar-refractivity contribution in [2.45, 2.75) is 31.8 Å². The summed E-state index contributed by atoms with van der Waals surface area (Å²) in [6.45, 7) is 0.969. The van der Waals surface area contributed by atoms with Crippen LogP contribution in [0.1, 0.15) is 25.7 Å². The fourth-order valence-electron chi connectivity index (χ4n) is 0.951. The van der Waals surface area contributed by atoms with Crippen LogP contribution in [-0.2, 0) is 4.52 Å². The van der Waals surface area contributed by atoms with E-state index in [1.54, 1.807) is 0 Å². The molecule has 6 heteroatoms. The van der Waals surface area contributed by atoms with E-state index in [0.29, 0.717) is 19.6 Å². The summed E-state index contributed by atoms with van der Waals surface area (Å²) in [5.74, 6) is 0. The molecule has 13 heavy (non-hydrogen) atoms. The van der Waals surface area contributed by atoms with Crippen LogP contribution in [0.2, 0.25) is 0 Å². The first-order valence-corrected chi connectivity index (χ1v) is 5.69. The number of hydrogen-bond donors (Lipinski definition) is 4. The smallest absolute Gasteiger partial charge is 0.250 e. The van der Waals surface area contributed by atoms with Crippen molar-refractivity contribution in [1.82, 2.24) is 0 Å². The van der Waals surface area contributed by atoms with Gasteiger partial charge in [0.25, 0.3) is 0 Å². The van der Waals surface area contributed by atoms with E-state index < -0.39 is 8.53 Å². The van der Waals surface area contributed by atoms with Gasteiger partial charge in [-0.15, -0.1) is 0 Å². The van der Waals surface area contributed by atoms with Crippen LogP contribution in [0.25, 0.3) is 0 Å². The van der Waals surface area contributed by atoms with Gasteiger partial charge in [-0.1, -0.05) is 0 Å². The Bertz CT molecular complexity index is 116. The number of rotatable bonds is 8. The standard InChI is InChI=1S/C7H19N2O3P/c8-5-2-1-3-7(10)4-6-12-13(9)11/h7,10-11H,1-6,8-9H2. The average Bonchev–Trinajstić information content (AvgIpc) is 2.04. The summed E-state index contributed by atoms with van der Waals surface area (Å²) in [5, 5.41) is 9.35. The van der Waals surface area contributed by atoms with E-state index in [2.05, 4.69) is 0 Å². The van der Waals surface area contributed by atoms with Gasteiger partial charge < -0.3 is 20.3 Å². The summed E-state index contributed by atoms with van der Waals surface area (Å²) in [6, 6.07) is 0. The van der Waals surface area contributed by atoms with E-state index in [1.807, 2.05) is 0 Å². The number of hydrogen-bond acceptors (Lipinski definition) is 5. The molecular weight excluding hydrogens is 191 g/mol. The number of unbranched alkanes of at least 4 members (excludes halogenated alkanes) is 1. The number of aliphatic hydroxyl groups is 1. The first-order chi connectivity index (χ1) is 6.16. The molecule has 0 saturated carbocycles. The molecule has 6 N–H and O–H groups in total. The van der Waals surface area contributed by atoms with Crippen LogP contribution >= 0.6 is 8.53 Å². The lowest BCUT2D eigenvalue weighted by Gasteiger charge is -2.10. The lowest BCUT2D eigenvalue weighted by Crippen LogP contribution is -2.11. The lowest BCUT2D eigenvalue weighted by molar-refractivity contribution is 0.129. The van der Waals surface area contributed by atoms with Crippen molar-refractivity contribution in [3.8, 4) is 0 Å². The van der Waals surface area contributed by atoms with Crippen molar-refractivity contribution in [3.05, 3.63) is 0 Å². The molecule has 0 aromatic rings. The topological polar surface area (TPSA) is 102 Å². The van der Waals surface area contributed by atoms with Crippen molar-refractivity contribution < 1.29 is 14.5 Å². The molecule has 0 aromatic heterocycles. The third kappa shape index (κ3) is 10.1. The molecule has 0 aliphatic heterocycles. The van der Waals surface area contributed by atoms with Crippen LogP contribution in [0.5, 0.6) is 0 Å². The molecule has 5 nitrogen and oxygen atoms in total. The predicted octanol–water partition coefficient (Wildman–Crippen LogP) is 0.0609.